The van der Waals surface area contributed by atoms with E-state index < -0.39 is 0 Å². The normalized spacial score (nSPS) is 11.9. The Hall–Kier alpha value is -1.75. The summed E-state index contributed by atoms with van der Waals surface area (Å²) in [4.78, 5) is 21.9. The fraction of sp³-hybridized carbons (Fsp3) is 0.500. The van der Waals surface area contributed by atoms with Crippen molar-refractivity contribution >= 4 is 11.6 Å². The largest absolute Gasteiger partial charge is 0.356 e. The van der Waals surface area contributed by atoms with Gasteiger partial charge >= 0.3 is 0 Å². The first-order valence-corrected chi connectivity index (χ1v) is 6.60. The van der Waals surface area contributed by atoms with Crippen molar-refractivity contribution < 1.29 is 4.79 Å². The van der Waals surface area contributed by atoms with Crippen LogP contribution in [0, 0.1) is 4.91 Å². The summed E-state index contributed by atoms with van der Waals surface area (Å²) in [5, 5.41) is 5.68. The minimum atomic E-state index is -0.211. The zero-order valence-electron chi connectivity index (χ0n) is 11.3. The number of rotatable bonds is 8. The van der Waals surface area contributed by atoms with Crippen LogP contribution in [0.25, 0.3) is 0 Å². The molecule has 19 heavy (non-hydrogen) atoms. The maximum Gasteiger partial charge on any atom is 0.221 e. The van der Waals surface area contributed by atoms with Crippen LogP contribution in [-0.4, -0.2) is 18.5 Å². The van der Waals surface area contributed by atoms with Gasteiger partial charge in [-0.3, -0.25) is 4.79 Å². The van der Waals surface area contributed by atoms with E-state index in [1.54, 1.807) is 12.1 Å². The first kappa shape index (κ1) is 15.3. The van der Waals surface area contributed by atoms with E-state index in [-0.39, 0.29) is 11.9 Å². The molecule has 1 rings (SSSR count). The number of nitrogens with one attached hydrogen (secondary N) is 1. The van der Waals surface area contributed by atoms with E-state index in [4.69, 9.17) is 5.73 Å². The van der Waals surface area contributed by atoms with E-state index in [1.165, 1.54) is 0 Å². The van der Waals surface area contributed by atoms with Crippen LogP contribution in [0.1, 0.15) is 31.7 Å². The number of carbonyl (C=O) groups is 1. The minimum Gasteiger partial charge on any atom is -0.356 e. The lowest BCUT2D eigenvalue weighted by atomic mass is 10.0. The molecule has 0 spiro atoms. The van der Waals surface area contributed by atoms with Crippen LogP contribution in [-0.2, 0) is 11.2 Å². The summed E-state index contributed by atoms with van der Waals surface area (Å²) in [6.07, 6.45) is 2.97. The standard InChI is InChI=1S/C14H21N3O2/c1-2-3-8-16-14(18)10-12(15)9-11-4-6-13(17-19)7-5-11/h4-7,12H,2-3,8-10,15H2,1H3,(H,16,18). The SMILES string of the molecule is CCCCNC(=O)CC(N)Cc1ccc(N=O)cc1. The van der Waals surface area contributed by atoms with E-state index in [9.17, 15) is 9.70 Å². The molecule has 0 aliphatic heterocycles. The van der Waals surface area contributed by atoms with Crippen molar-refractivity contribution in [2.45, 2.75) is 38.6 Å². The van der Waals surface area contributed by atoms with Gasteiger partial charge in [-0.05, 0) is 35.7 Å². The van der Waals surface area contributed by atoms with Crippen molar-refractivity contribution in [3.63, 3.8) is 0 Å². The van der Waals surface area contributed by atoms with Gasteiger partial charge in [-0.1, -0.05) is 25.5 Å². The molecular weight excluding hydrogens is 242 g/mol. The summed E-state index contributed by atoms with van der Waals surface area (Å²) in [6.45, 7) is 2.79. The quantitative estimate of drug-likeness (QED) is 0.557. The van der Waals surface area contributed by atoms with Gasteiger partial charge in [0.05, 0.1) is 0 Å². The van der Waals surface area contributed by atoms with E-state index in [2.05, 4.69) is 17.4 Å². The van der Waals surface area contributed by atoms with E-state index >= 15 is 0 Å². The fourth-order valence-corrected chi connectivity index (χ4v) is 1.78. The number of nitrogens with two attached hydrogens (primary N) is 1. The van der Waals surface area contributed by atoms with Gasteiger partial charge in [0, 0.05) is 19.0 Å². The number of nitrogens with zero attached hydrogens (tertiary/aromatic N) is 1. The topological polar surface area (TPSA) is 84.6 Å². The number of benzene rings is 1. The molecule has 1 unspecified atom stereocenters. The first-order valence-electron chi connectivity index (χ1n) is 6.60. The van der Waals surface area contributed by atoms with Crippen molar-refractivity contribution in [1.82, 2.24) is 5.32 Å². The smallest absolute Gasteiger partial charge is 0.221 e. The van der Waals surface area contributed by atoms with Gasteiger partial charge in [-0.2, -0.15) is 0 Å². The number of nitroso groups, excluding NO2 is 1. The molecule has 0 saturated heterocycles. The Kier molecular flexibility index (Phi) is 6.74. The highest BCUT2D eigenvalue weighted by atomic mass is 16.3. The predicted octanol–water partition coefficient (Wildman–Crippen LogP) is 2.26. The third-order valence-electron chi connectivity index (χ3n) is 2.84. The Balaban J connectivity index is 2.35. The molecule has 1 amide bonds. The van der Waals surface area contributed by atoms with Crippen molar-refractivity contribution in [2.24, 2.45) is 10.9 Å². The molecule has 1 aromatic carbocycles. The van der Waals surface area contributed by atoms with E-state index in [0.717, 1.165) is 18.4 Å². The fourth-order valence-electron chi connectivity index (χ4n) is 1.78. The lowest BCUT2D eigenvalue weighted by Crippen LogP contribution is -2.33. The summed E-state index contributed by atoms with van der Waals surface area (Å²) < 4.78 is 0. The highest BCUT2D eigenvalue weighted by molar-refractivity contribution is 5.76. The Bertz CT molecular complexity index is 404. The summed E-state index contributed by atoms with van der Waals surface area (Å²) in [6, 6.07) is 6.71. The second-order valence-electron chi connectivity index (χ2n) is 4.63. The van der Waals surface area contributed by atoms with Crippen LogP contribution in [0.4, 0.5) is 5.69 Å². The highest BCUT2D eigenvalue weighted by Crippen LogP contribution is 2.13. The van der Waals surface area contributed by atoms with Crippen LogP contribution < -0.4 is 11.1 Å². The van der Waals surface area contributed by atoms with Gasteiger partial charge in [0.1, 0.15) is 5.69 Å². The van der Waals surface area contributed by atoms with Crippen molar-refractivity contribution in [1.29, 1.82) is 0 Å². The molecule has 3 N–H and O–H groups in total. The average molecular weight is 263 g/mol. The van der Waals surface area contributed by atoms with Gasteiger partial charge in [0.2, 0.25) is 5.91 Å². The number of amides is 1. The molecule has 5 heteroatoms. The Morgan fingerprint density at radius 3 is 2.63 bits per heavy atom. The molecule has 0 fully saturated rings. The molecule has 0 aliphatic carbocycles. The zero-order chi connectivity index (χ0) is 14.1. The lowest BCUT2D eigenvalue weighted by molar-refractivity contribution is -0.121. The summed E-state index contributed by atoms with van der Waals surface area (Å²) in [5.41, 5.74) is 7.33. The average Bonchev–Trinajstić information content (AvgIpc) is 2.39. The molecule has 0 radical (unpaired) electrons. The summed E-state index contributed by atoms with van der Waals surface area (Å²) >= 11 is 0. The monoisotopic (exact) mass is 263 g/mol. The Morgan fingerprint density at radius 1 is 1.37 bits per heavy atom. The molecule has 0 heterocycles. The minimum absolute atomic E-state index is 0.00729. The van der Waals surface area contributed by atoms with Crippen LogP contribution in [0.2, 0.25) is 0 Å². The summed E-state index contributed by atoms with van der Waals surface area (Å²) in [7, 11) is 0. The van der Waals surface area contributed by atoms with Gasteiger partial charge in [-0.15, -0.1) is 4.91 Å². The number of hydrogen-bond acceptors (Lipinski definition) is 4. The molecule has 1 aromatic rings. The molecule has 0 aromatic heterocycles. The van der Waals surface area contributed by atoms with Crippen LogP contribution >= 0.6 is 0 Å². The number of carbonyl (C=O) groups excluding carboxylic acids is 1. The molecular formula is C14H21N3O2. The maximum absolute atomic E-state index is 11.6. The Morgan fingerprint density at radius 2 is 2.05 bits per heavy atom. The van der Waals surface area contributed by atoms with Crippen LogP contribution in [0.15, 0.2) is 29.4 Å². The highest BCUT2D eigenvalue weighted by Gasteiger charge is 2.09. The molecule has 5 nitrogen and oxygen atoms in total. The van der Waals surface area contributed by atoms with Crippen LogP contribution in [0.5, 0.6) is 0 Å². The van der Waals surface area contributed by atoms with Crippen LogP contribution in [0.3, 0.4) is 0 Å². The lowest BCUT2D eigenvalue weighted by Gasteiger charge is -2.11. The zero-order valence-corrected chi connectivity index (χ0v) is 11.3. The second kappa shape index (κ2) is 8.37. The van der Waals surface area contributed by atoms with Crippen molar-refractivity contribution in [3.8, 4) is 0 Å². The van der Waals surface area contributed by atoms with Crippen molar-refractivity contribution in [3.05, 3.63) is 34.7 Å². The predicted molar refractivity (Wildman–Crippen MR) is 76.1 cm³/mol. The van der Waals surface area contributed by atoms with Gasteiger partial charge in [-0.25, -0.2) is 0 Å². The van der Waals surface area contributed by atoms with E-state index in [0.29, 0.717) is 25.1 Å². The summed E-state index contributed by atoms with van der Waals surface area (Å²) in [5.74, 6) is -0.00729. The van der Waals surface area contributed by atoms with Gasteiger partial charge in [0.15, 0.2) is 0 Å². The molecule has 0 saturated carbocycles. The molecule has 1 atom stereocenters. The number of hydrogen-bond donors (Lipinski definition) is 2. The van der Waals surface area contributed by atoms with Gasteiger partial charge < -0.3 is 11.1 Å². The van der Waals surface area contributed by atoms with E-state index in [1.807, 2.05) is 12.1 Å². The molecule has 0 bridgehead atoms. The third kappa shape index (κ3) is 6.10. The van der Waals surface area contributed by atoms with Gasteiger partial charge in [0.25, 0.3) is 0 Å². The molecule has 0 aliphatic rings. The van der Waals surface area contributed by atoms with Crippen molar-refractivity contribution in [2.75, 3.05) is 6.54 Å². The first-order chi connectivity index (χ1) is 9.15. The number of unbranched alkanes of at least 4 members (excludes halogenated alkanes) is 1. The maximum atomic E-state index is 11.6. The Labute approximate surface area is 113 Å². The second-order valence-corrected chi connectivity index (χ2v) is 4.63. The molecule has 104 valence electrons. The third-order valence-corrected chi connectivity index (χ3v) is 2.84.